The predicted molar refractivity (Wildman–Crippen MR) is 58.2 cm³/mol. The van der Waals surface area contributed by atoms with Gasteiger partial charge in [-0.2, -0.15) is 0 Å². The van der Waals surface area contributed by atoms with Gasteiger partial charge in [-0.3, -0.25) is 4.79 Å². The van der Waals surface area contributed by atoms with E-state index in [4.69, 9.17) is 11.6 Å². The molecule has 5 heteroatoms. The average molecular weight is 248 g/mol. The van der Waals surface area contributed by atoms with E-state index in [9.17, 15) is 13.6 Å². The average Bonchev–Trinajstić information content (AvgIpc) is 2.16. The van der Waals surface area contributed by atoms with Gasteiger partial charge < -0.3 is 5.32 Å². The number of hydrogen-bond acceptors (Lipinski definition) is 1. The van der Waals surface area contributed by atoms with Gasteiger partial charge in [0.1, 0.15) is 17.5 Å². The molecule has 1 amide bonds. The van der Waals surface area contributed by atoms with E-state index in [0.29, 0.717) is 0 Å². The van der Waals surface area contributed by atoms with Crippen LogP contribution in [0.15, 0.2) is 18.2 Å². The molecule has 0 spiro atoms. The fourth-order valence-electron chi connectivity index (χ4n) is 1.45. The molecular formula is C11H12ClF2NO. The summed E-state index contributed by atoms with van der Waals surface area (Å²) in [4.78, 5) is 11.1. The van der Waals surface area contributed by atoms with Crippen molar-refractivity contribution in [1.29, 1.82) is 0 Å². The van der Waals surface area contributed by atoms with Gasteiger partial charge in [-0.25, -0.2) is 8.78 Å². The lowest BCUT2D eigenvalue weighted by Crippen LogP contribution is -2.42. The van der Waals surface area contributed by atoms with Crippen molar-refractivity contribution < 1.29 is 13.6 Å². The zero-order valence-electron chi connectivity index (χ0n) is 8.98. The van der Waals surface area contributed by atoms with E-state index in [0.717, 1.165) is 12.1 Å². The predicted octanol–water partition coefficient (Wildman–Crippen LogP) is 2.55. The number of amides is 1. The lowest BCUT2D eigenvalue weighted by atomic mass is 9.93. The lowest BCUT2D eigenvalue weighted by molar-refractivity contribution is -0.120. The Bertz CT molecular complexity index is 407. The third kappa shape index (κ3) is 2.92. The molecule has 0 unspecified atom stereocenters. The van der Waals surface area contributed by atoms with Gasteiger partial charge in [0.15, 0.2) is 0 Å². The monoisotopic (exact) mass is 247 g/mol. The standard InChI is InChI=1S/C11H12ClF2NO/c1-11(2,15-10(16)6-12)8-4-3-7(13)5-9(8)14/h3-5H,6H2,1-2H3,(H,15,16). The topological polar surface area (TPSA) is 29.1 Å². The Morgan fingerprint density at radius 2 is 2.06 bits per heavy atom. The Balaban J connectivity index is 3.02. The number of carbonyl (C=O) groups excluding carboxylic acids is 1. The Kier molecular flexibility index (Phi) is 3.86. The van der Waals surface area contributed by atoms with E-state index < -0.39 is 23.1 Å². The number of alkyl halides is 1. The van der Waals surface area contributed by atoms with Crippen LogP contribution >= 0.6 is 11.6 Å². The van der Waals surface area contributed by atoms with Crippen molar-refractivity contribution in [2.24, 2.45) is 0 Å². The Morgan fingerprint density at radius 3 is 2.56 bits per heavy atom. The Hall–Kier alpha value is -1.16. The molecule has 0 aromatic heterocycles. The Morgan fingerprint density at radius 1 is 1.44 bits per heavy atom. The number of benzene rings is 1. The number of hydrogen-bond donors (Lipinski definition) is 1. The first kappa shape index (κ1) is 12.9. The molecule has 1 rings (SSSR count). The summed E-state index contributed by atoms with van der Waals surface area (Å²) >= 11 is 5.34. The molecule has 0 aliphatic heterocycles. The summed E-state index contributed by atoms with van der Waals surface area (Å²) in [5.74, 6) is -1.96. The molecule has 0 fully saturated rings. The minimum absolute atomic E-state index is 0.202. The number of nitrogens with one attached hydrogen (secondary N) is 1. The van der Waals surface area contributed by atoms with Crippen LogP contribution < -0.4 is 5.32 Å². The zero-order valence-corrected chi connectivity index (χ0v) is 9.74. The van der Waals surface area contributed by atoms with Gasteiger partial charge in [-0.15, -0.1) is 11.6 Å². The molecule has 0 heterocycles. The largest absolute Gasteiger partial charge is 0.346 e. The number of halogens is 3. The maximum Gasteiger partial charge on any atom is 0.235 e. The number of carbonyl (C=O) groups is 1. The highest BCUT2D eigenvalue weighted by molar-refractivity contribution is 6.27. The van der Waals surface area contributed by atoms with Crippen LogP contribution in [-0.4, -0.2) is 11.8 Å². The van der Waals surface area contributed by atoms with Crippen LogP contribution in [0.25, 0.3) is 0 Å². The highest BCUT2D eigenvalue weighted by Gasteiger charge is 2.25. The van der Waals surface area contributed by atoms with Crippen LogP contribution in [0.1, 0.15) is 19.4 Å². The van der Waals surface area contributed by atoms with E-state index in [1.54, 1.807) is 13.8 Å². The van der Waals surface area contributed by atoms with Crippen molar-refractivity contribution in [3.05, 3.63) is 35.4 Å². The third-order valence-corrected chi connectivity index (χ3v) is 2.42. The van der Waals surface area contributed by atoms with Crippen LogP contribution in [0.4, 0.5) is 8.78 Å². The molecule has 0 atom stereocenters. The fourth-order valence-corrected chi connectivity index (χ4v) is 1.51. The first-order valence-electron chi connectivity index (χ1n) is 4.69. The molecule has 16 heavy (non-hydrogen) atoms. The molecule has 88 valence electrons. The molecule has 0 aliphatic carbocycles. The SMILES string of the molecule is CC(C)(NC(=O)CCl)c1ccc(F)cc1F. The van der Waals surface area contributed by atoms with Crippen LogP contribution in [-0.2, 0) is 10.3 Å². The molecule has 1 aromatic carbocycles. The van der Waals surface area contributed by atoms with Crippen LogP contribution in [0.3, 0.4) is 0 Å². The van der Waals surface area contributed by atoms with Gasteiger partial charge in [-0.05, 0) is 19.9 Å². The number of rotatable bonds is 3. The summed E-state index contributed by atoms with van der Waals surface area (Å²) in [6.45, 7) is 3.24. The molecule has 0 saturated carbocycles. The molecule has 0 radical (unpaired) electrons. The van der Waals surface area contributed by atoms with Crippen molar-refractivity contribution in [3.63, 3.8) is 0 Å². The summed E-state index contributed by atoms with van der Waals surface area (Å²) in [5, 5.41) is 2.55. The molecule has 0 bridgehead atoms. The second-order valence-corrected chi connectivity index (χ2v) is 4.20. The quantitative estimate of drug-likeness (QED) is 0.818. The minimum Gasteiger partial charge on any atom is -0.346 e. The third-order valence-electron chi connectivity index (χ3n) is 2.18. The van der Waals surface area contributed by atoms with Crippen LogP contribution in [0.2, 0.25) is 0 Å². The first-order chi connectivity index (χ1) is 7.36. The highest BCUT2D eigenvalue weighted by atomic mass is 35.5. The smallest absolute Gasteiger partial charge is 0.235 e. The van der Waals surface area contributed by atoms with Crippen molar-refractivity contribution in [2.75, 3.05) is 5.88 Å². The zero-order chi connectivity index (χ0) is 12.3. The van der Waals surface area contributed by atoms with E-state index in [1.165, 1.54) is 6.07 Å². The maximum atomic E-state index is 13.5. The van der Waals surface area contributed by atoms with E-state index >= 15 is 0 Å². The molecule has 0 saturated heterocycles. The molecule has 1 N–H and O–H groups in total. The summed E-state index contributed by atoms with van der Waals surface area (Å²) in [6.07, 6.45) is 0. The summed E-state index contributed by atoms with van der Waals surface area (Å²) < 4.78 is 26.2. The van der Waals surface area contributed by atoms with Gasteiger partial charge in [0.05, 0.1) is 5.54 Å². The summed E-state index contributed by atoms with van der Waals surface area (Å²) in [5.41, 5.74) is -0.712. The highest BCUT2D eigenvalue weighted by Crippen LogP contribution is 2.23. The van der Waals surface area contributed by atoms with Gasteiger partial charge >= 0.3 is 0 Å². The summed E-state index contributed by atoms with van der Waals surface area (Å²) in [7, 11) is 0. The van der Waals surface area contributed by atoms with Crippen molar-refractivity contribution in [2.45, 2.75) is 19.4 Å². The van der Waals surface area contributed by atoms with Gasteiger partial charge in [0, 0.05) is 11.6 Å². The maximum absolute atomic E-state index is 13.5. The summed E-state index contributed by atoms with van der Waals surface area (Å²) in [6, 6.07) is 3.23. The molecule has 2 nitrogen and oxygen atoms in total. The van der Waals surface area contributed by atoms with Crippen molar-refractivity contribution in [1.82, 2.24) is 5.32 Å². The lowest BCUT2D eigenvalue weighted by Gasteiger charge is -2.26. The second-order valence-electron chi connectivity index (χ2n) is 3.93. The first-order valence-corrected chi connectivity index (χ1v) is 5.23. The van der Waals surface area contributed by atoms with E-state index in [-0.39, 0.29) is 11.4 Å². The fraction of sp³-hybridized carbons (Fsp3) is 0.364. The molecule has 1 aromatic rings. The second kappa shape index (κ2) is 4.78. The molecule has 0 aliphatic rings. The minimum atomic E-state index is -0.927. The van der Waals surface area contributed by atoms with Gasteiger partial charge in [0.25, 0.3) is 0 Å². The normalized spacial score (nSPS) is 11.3. The van der Waals surface area contributed by atoms with Crippen LogP contribution in [0.5, 0.6) is 0 Å². The molecular weight excluding hydrogens is 236 g/mol. The van der Waals surface area contributed by atoms with Crippen molar-refractivity contribution >= 4 is 17.5 Å². The van der Waals surface area contributed by atoms with Crippen molar-refractivity contribution in [3.8, 4) is 0 Å². The van der Waals surface area contributed by atoms with E-state index in [1.807, 2.05) is 0 Å². The van der Waals surface area contributed by atoms with Crippen LogP contribution in [0, 0.1) is 11.6 Å². The van der Waals surface area contributed by atoms with Gasteiger partial charge in [0.2, 0.25) is 5.91 Å². The Labute approximate surface area is 97.6 Å². The van der Waals surface area contributed by atoms with Gasteiger partial charge in [-0.1, -0.05) is 6.07 Å². The van der Waals surface area contributed by atoms with E-state index in [2.05, 4.69) is 5.32 Å².